The molecule has 112 valence electrons. The second kappa shape index (κ2) is 8.74. The van der Waals surface area contributed by atoms with Crippen LogP contribution >= 0.6 is 0 Å². The molecule has 19 heavy (non-hydrogen) atoms. The lowest BCUT2D eigenvalue weighted by molar-refractivity contribution is -0.137. The summed E-state index contributed by atoms with van der Waals surface area (Å²) in [7, 11) is 0. The normalized spacial score (nSPS) is 13.9. The molecule has 0 rings (SSSR count). The fourth-order valence-electron chi connectivity index (χ4n) is 2.30. The highest BCUT2D eigenvalue weighted by Gasteiger charge is 2.33. The number of amides is 1. The van der Waals surface area contributed by atoms with Gasteiger partial charge in [0.05, 0.1) is 6.61 Å². The Hall–Kier alpha value is -1.30. The molecule has 0 saturated heterocycles. The molecule has 0 aliphatic rings. The van der Waals surface area contributed by atoms with E-state index in [1.54, 1.807) is 4.90 Å². The van der Waals surface area contributed by atoms with E-state index in [2.05, 4.69) is 5.16 Å². The van der Waals surface area contributed by atoms with Gasteiger partial charge in [-0.2, -0.15) is 0 Å². The van der Waals surface area contributed by atoms with Crippen molar-refractivity contribution < 1.29 is 15.1 Å². The highest BCUT2D eigenvalue weighted by Crippen LogP contribution is 2.19. The number of hydrogen-bond acceptors (Lipinski definition) is 4. The first-order valence-electron chi connectivity index (χ1n) is 6.83. The van der Waals surface area contributed by atoms with Crippen LogP contribution in [0.3, 0.4) is 0 Å². The maximum Gasteiger partial charge on any atom is 0.233 e. The van der Waals surface area contributed by atoms with Gasteiger partial charge in [-0.25, -0.2) is 0 Å². The van der Waals surface area contributed by atoms with E-state index in [-0.39, 0.29) is 36.9 Å². The summed E-state index contributed by atoms with van der Waals surface area (Å²) in [6, 6.07) is 0.0624. The lowest BCUT2D eigenvalue weighted by atomic mass is 9.92. The quantitative estimate of drug-likeness (QED) is 0.266. The van der Waals surface area contributed by atoms with Crippen LogP contribution in [0.1, 0.15) is 40.5 Å². The number of nitrogens with zero attached hydrogens (tertiary/aromatic N) is 2. The molecule has 6 heteroatoms. The van der Waals surface area contributed by atoms with E-state index in [1.165, 1.54) is 0 Å². The SMILES string of the molecule is CCC(CC)N(CCO)C(=O)C(C(N)=NO)C(C)C. The Morgan fingerprint density at radius 3 is 2.16 bits per heavy atom. The Morgan fingerprint density at radius 1 is 1.32 bits per heavy atom. The number of hydrogen-bond donors (Lipinski definition) is 3. The molecule has 4 N–H and O–H groups in total. The van der Waals surface area contributed by atoms with E-state index in [9.17, 15) is 4.79 Å². The summed E-state index contributed by atoms with van der Waals surface area (Å²) < 4.78 is 0. The zero-order chi connectivity index (χ0) is 15.0. The van der Waals surface area contributed by atoms with Crippen LogP contribution in [-0.2, 0) is 4.79 Å². The number of amidine groups is 1. The predicted octanol–water partition coefficient (Wildman–Crippen LogP) is 1.01. The maximum absolute atomic E-state index is 12.6. The van der Waals surface area contributed by atoms with Crippen molar-refractivity contribution in [1.29, 1.82) is 0 Å². The Kier molecular flexibility index (Phi) is 8.14. The highest BCUT2D eigenvalue weighted by atomic mass is 16.4. The Balaban J connectivity index is 5.24. The van der Waals surface area contributed by atoms with Crippen LogP contribution in [-0.4, -0.2) is 46.1 Å². The molecule has 0 heterocycles. The van der Waals surface area contributed by atoms with E-state index in [0.29, 0.717) is 0 Å². The summed E-state index contributed by atoms with van der Waals surface area (Å²) in [5, 5.41) is 20.9. The molecule has 6 nitrogen and oxygen atoms in total. The zero-order valence-corrected chi connectivity index (χ0v) is 12.3. The second-order valence-corrected chi connectivity index (χ2v) is 4.97. The van der Waals surface area contributed by atoms with Gasteiger partial charge in [0.2, 0.25) is 5.91 Å². The summed E-state index contributed by atoms with van der Waals surface area (Å²) in [5.41, 5.74) is 5.63. The summed E-state index contributed by atoms with van der Waals surface area (Å²) in [6.45, 7) is 7.88. The summed E-state index contributed by atoms with van der Waals surface area (Å²) in [5.74, 6) is -0.988. The lowest BCUT2D eigenvalue weighted by Gasteiger charge is -2.34. The van der Waals surface area contributed by atoms with Crippen LogP contribution in [0.4, 0.5) is 0 Å². The molecular weight excluding hydrogens is 246 g/mol. The average Bonchev–Trinajstić information content (AvgIpc) is 2.38. The summed E-state index contributed by atoms with van der Waals surface area (Å²) in [6.07, 6.45) is 1.62. The molecule has 1 amide bonds. The minimum atomic E-state index is -0.655. The van der Waals surface area contributed by atoms with Gasteiger partial charge >= 0.3 is 0 Å². The van der Waals surface area contributed by atoms with Crippen molar-refractivity contribution in [2.75, 3.05) is 13.2 Å². The molecule has 0 bridgehead atoms. The van der Waals surface area contributed by atoms with Gasteiger partial charge in [0.15, 0.2) is 5.84 Å². The first kappa shape index (κ1) is 17.7. The third kappa shape index (κ3) is 4.70. The van der Waals surface area contributed by atoms with E-state index in [4.69, 9.17) is 16.0 Å². The van der Waals surface area contributed by atoms with Crippen molar-refractivity contribution in [3.05, 3.63) is 0 Å². The Labute approximate surface area is 115 Å². The van der Waals surface area contributed by atoms with Gasteiger partial charge < -0.3 is 20.9 Å². The molecule has 0 saturated carbocycles. The van der Waals surface area contributed by atoms with Gasteiger partial charge in [-0.3, -0.25) is 4.79 Å². The second-order valence-electron chi connectivity index (χ2n) is 4.97. The lowest BCUT2D eigenvalue weighted by Crippen LogP contribution is -2.49. The fraction of sp³-hybridized carbons (Fsp3) is 0.846. The smallest absolute Gasteiger partial charge is 0.233 e. The average molecular weight is 273 g/mol. The largest absolute Gasteiger partial charge is 0.409 e. The molecular formula is C13H27N3O3. The molecule has 0 radical (unpaired) electrons. The number of oxime groups is 1. The molecule has 0 aromatic heterocycles. The van der Waals surface area contributed by atoms with Gasteiger partial charge in [0, 0.05) is 12.6 Å². The maximum atomic E-state index is 12.6. The molecule has 1 atom stereocenters. The van der Waals surface area contributed by atoms with Crippen molar-refractivity contribution >= 4 is 11.7 Å². The number of carbonyl (C=O) groups is 1. The van der Waals surface area contributed by atoms with Crippen molar-refractivity contribution in [2.24, 2.45) is 22.7 Å². The van der Waals surface area contributed by atoms with E-state index < -0.39 is 5.92 Å². The number of carbonyl (C=O) groups excluding carboxylic acids is 1. The van der Waals surface area contributed by atoms with Crippen LogP contribution in [0.15, 0.2) is 5.16 Å². The number of nitrogens with two attached hydrogens (primary N) is 1. The van der Waals surface area contributed by atoms with Crippen LogP contribution < -0.4 is 5.73 Å². The summed E-state index contributed by atoms with van der Waals surface area (Å²) in [4.78, 5) is 14.2. The Bertz CT molecular complexity index is 302. The summed E-state index contributed by atoms with van der Waals surface area (Å²) >= 11 is 0. The third-order valence-electron chi connectivity index (χ3n) is 3.37. The zero-order valence-electron chi connectivity index (χ0n) is 12.3. The number of aliphatic hydroxyl groups excluding tert-OH is 1. The van der Waals surface area contributed by atoms with Crippen molar-refractivity contribution in [1.82, 2.24) is 4.90 Å². The van der Waals surface area contributed by atoms with Crippen LogP contribution in [0.5, 0.6) is 0 Å². The van der Waals surface area contributed by atoms with Crippen LogP contribution in [0.2, 0.25) is 0 Å². The van der Waals surface area contributed by atoms with Crippen LogP contribution in [0, 0.1) is 11.8 Å². The molecule has 1 unspecified atom stereocenters. The molecule has 0 aromatic carbocycles. The third-order valence-corrected chi connectivity index (χ3v) is 3.37. The van der Waals surface area contributed by atoms with Gasteiger partial charge in [0.1, 0.15) is 5.92 Å². The van der Waals surface area contributed by atoms with E-state index in [0.717, 1.165) is 12.8 Å². The number of rotatable bonds is 8. The minimum Gasteiger partial charge on any atom is -0.409 e. The van der Waals surface area contributed by atoms with Gasteiger partial charge in [-0.1, -0.05) is 32.9 Å². The van der Waals surface area contributed by atoms with Crippen molar-refractivity contribution in [3.63, 3.8) is 0 Å². The molecule has 0 aliphatic carbocycles. The Morgan fingerprint density at radius 2 is 1.84 bits per heavy atom. The molecule has 0 fully saturated rings. The number of aliphatic hydroxyl groups is 1. The van der Waals surface area contributed by atoms with Gasteiger partial charge in [-0.15, -0.1) is 0 Å². The first-order valence-corrected chi connectivity index (χ1v) is 6.83. The molecule has 0 aliphatic heterocycles. The van der Waals surface area contributed by atoms with Crippen molar-refractivity contribution in [3.8, 4) is 0 Å². The topological polar surface area (TPSA) is 99.2 Å². The highest BCUT2D eigenvalue weighted by molar-refractivity contribution is 6.02. The fourth-order valence-corrected chi connectivity index (χ4v) is 2.30. The molecule has 0 aromatic rings. The van der Waals surface area contributed by atoms with E-state index in [1.807, 2.05) is 27.7 Å². The predicted molar refractivity (Wildman–Crippen MR) is 74.9 cm³/mol. The standard InChI is InChI=1S/C13H27N3O3/c1-5-10(6-2)16(7-8-17)13(18)11(9(3)4)12(14)15-19/h9-11,17,19H,5-8H2,1-4H3,(H2,14,15). The van der Waals surface area contributed by atoms with Crippen LogP contribution in [0.25, 0.3) is 0 Å². The van der Waals surface area contributed by atoms with Crippen molar-refractivity contribution in [2.45, 2.75) is 46.6 Å². The van der Waals surface area contributed by atoms with Gasteiger partial charge in [0.25, 0.3) is 0 Å². The monoisotopic (exact) mass is 273 g/mol. The minimum absolute atomic E-state index is 0.0624. The van der Waals surface area contributed by atoms with Gasteiger partial charge in [-0.05, 0) is 18.8 Å². The molecule has 0 spiro atoms. The van der Waals surface area contributed by atoms with E-state index >= 15 is 0 Å². The first-order chi connectivity index (χ1) is 8.94.